The first-order valence-corrected chi connectivity index (χ1v) is 19.1. The highest BCUT2D eigenvalue weighted by Crippen LogP contribution is 2.33. The maximum absolute atomic E-state index is 14.4. The van der Waals surface area contributed by atoms with Crippen LogP contribution >= 0.6 is 34.5 Å². The third-order valence-corrected chi connectivity index (χ3v) is 11.1. The molecule has 6 rings (SSSR count). The Kier molecular flexibility index (Phi) is 12.4. The number of allylic oxidation sites excluding steroid dienone is 2. The zero-order valence-electron chi connectivity index (χ0n) is 30.0. The van der Waals surface area contributed by atoms with Crippen LogP contribution in [0, 0.1) is 0 Å². The Labute approximate surface area is 327 Å². The highest BCUT2D eigenvalue weighted by molar-refractivity contribution is 7.22. The van der Waals surface area contributed by atoms with Crippen molar-refractivity contribution >= 4 is 73.8 Å². The maximum Gasteiger partial charge on any atom is 0.412 e. The lowest BCUT2D eigenvalue weighted by molar-refractivity contribution is -0.157. The van der Waals surface area contributed by atoms with Crippen molar-refractivity contribution in [3.05, 3.63) is 90.0 Å². The summed E-state index contributed by atoms with van der Waals surface area (Å²) >= 11 is 13.9. The average Bonchev–Trinajstić information content (AvgIpc) is 3.68. The lowest BCUT2D eigenvalue weighted by Gasteiger charge is -2.46. The number of hydrogen-bond donors (Lipinski definition) is 3. The van der Waals surface area contributed by atoms with Gasteiger partial charge in [0.2, 0.25) is 11.8 Å². The van der Waals surface area contributed by atoms with E-state index < -0.39 is 29.7 Å². The summed E-state index contributed by atoms with van der Waals surface area (Å²) in [7, 11) is 3.82. The van der Waals surface area contributed by atoms with Gasteiger partial charge in [-0.05, 0) is 49.0 Å². The van der Waals surface area contributed by atoms with Crippen molar-refractivity contribution < 1.29 is 23.9 Å². The molecule has 2 fully saturated rings. The van der Waals surface area contributed by atoms with Crippen molar-refractivity contribution in [3.63, 3.8) is 0 Å². The maximum atomic E-state index is 14.4. The lowest BCUT2D eigenvalue weighted by Crippen LogP contribution is -2.66. The van der Waals surface area contributed by atoms with Crippen LogP contribution in [0.3, 0.4) is 0 Å². The van der Waals surface area contributed by atoms with Gasteiger partial charge in [0.1, 0.15) is 18.0 Å². The lowest BCUT2D eigenvalue weighted by atomic mass is 9.99. The number of alkyl halides is 2. The van der Waals surface area contributed by atoms with Crippen LogP contribution in [0.1, 0.15) is 11.1 Å². The summed E-state index contributed by atoms with van der Waals surface area (Å²) < 4.78 is 6.32. The summed E-state index contributed by atoms with van der Waals surface area (Å²) in [4.78, 5) is 64.2. The van der Waals surface area contributed by atoms with Gasteiger partial charge in [-0.15, -0.1) is 29.8 Å². The predicted molar refractivity (Wildman–Crippen MR) is 210 cm³/mol. The molecule has 54 heavy (non-hydrogen) atoms. The van der Waals surface area contributed by atoms with E-state index in [2.05, 4.69) is 22.2 Å². The largest absolute Gasteiger partial charge is 0.412 e. The molecule has 1 aliphatic carbocycles. The molecule has 0 bridgehead atoms. The fourth-order valence-corrected chi connectivity index (χ4v) is 7.85. The number of carbonyl (C=O) groups excluding carboxylic acids is 4. The number of aromatic nitrogens is 1. The first kappa shape index (κ1) is 39.0. The van der Waals surface area contributed by atoms with Crippen LogP contribution in [-0.2, 0) is 22.6 Å². The molecule has 286 valence electrons. The second-order valence-electron chi connectivity index (χ2n) is 13.4. The summed E-state index contributed by atoms with van der Waals surface area (Å²) in [6.07, 6.45) is 5.92. The standard InChI is InChI=1S/C37H43Cl2N9O5S/c1-4-15-46(36(51)42-19-24-10-13-27(38)28(39)17-24)47-22-32(49)48-29(18-23-8-11-26(12-9-23)53-37(52)41-14-16-44(2)3)34(50)45(21-31(47)48)20-25-6-5-7-30-33(25)43-35(40)54-30/h4-13,17,27-29,31H,1,14-16,18-22H2,2-3H3,(H2,40,43)(H,41,52)(H,42,51)/t27?,28?,29-,31+/m0/s1. The number of benzene rings is 2. The minimum Gasteiger partial charge on any atom is -0.410 e. The second-order valence-corrected chi connectivity index (χ2v) is 15.5. The number of amides is 5. The number of anilines is 1. The number of ether oxygens (including phenoxy) is 1. The molecule has 3 heterocycles. The Balaban J connectivity index is 1.25. The van der Waals surface area contributed by atoms with E-state index in [1.807, 2.05) is 43.3 Å². The molecule has 0 saturated carbocycles. The summed E-state index contributed by atoms with van der Waals surface area (Å²) in [5.74, 6) is -0.199. The molecule has 4 N–H and O–H groups in total. The van der Waals surface area contributed by atoms with Crippen molar-refractivity contribution in [3.8, 4) is 5.75 Å². The SMILES string of the molecule is C=CCN(C(=O)NCC1=CC(Cl)C(Cl)C=C1)N1CC(=O)N2[C@@H](Cc3ccc(OC(=O)NCCN(C)C)cc3)C(=O)N(Cc3cccc4sc(N)nc34)C[C@@H]21. The number of hydrazine groups is 1. The minimum atomic E-state index is -0.891. The van der Waals surface area contributed by atoms with E-state index >= 15 is 0 Å². The van der Waals surface area contributed by atoms with Crippen LogP contribution in [0.25, 0.3) is 10.2 Å². The Hall–Kier alpha value is -4.67. The highest BCUT2D eigenvalue weighted by atomic mass is 35.5. The van der Waals surface area contributed by atoms with Crippen molar-refractivity contribution in [2.24, 2.45) is 0 Å². The molecular weight excluding hydrogens is 753 g/mol. The number of hydrogen-bond acceptors (Lipinski definition) is 10. The van der Waals surface area contributed by atoms with E-state index in [9.17, 15) is 19.2 Å². The molecule has 0 radical (unpaired) electrons. The molecule has 5 amide bonds. The smallest absolute Gasteiger partial charge is 0.410 e. The van der Waals surface area contributed by atoms with Crippen LogP contribution in [0.15, 0.2) is 78.9 Å². The number of carbonyl (C=O) groups is 4. The quantitative estimate of drug-likeness (QED) is 0.173. The number of rotatable bonds is 13. The predicted octanol–water partition coefficient (Wildman–Crippen LogP) is 3.78. The minimum absolute atomic E-state index is 0.112. The van der Waals surface area contributed by atoms with E-state index in [4.69, 9.17) is 33.7 Å². The van der Waals surface area contributed by atoms with Crippen LogP contribution < -0.4 is 21.1 Å². The number of urea groups is 1. The van der Waals surface area contributed by atoms with Crippen molar-refractivity contribution in [2.75, 3.05) is 59.1 Å². The number of nitrogens with zero attached hydrogens (tertiary/aromatic N) is 6. The van der Waals surface area contributed by atoms with Crippen molar-refractivity contribution in [2.45, 2.75) is 35.9 Å². The van der Waals surface area contributed by atoms with Gasteiger partial charge in [-0.3, -0.25) is 14.6 Å². The zero-order chi connectivity index (χ0) is 38.5. The number of nitrogen functional groups attached to an aromatic ring is 1. The number of likely N-dealkylation sites (N-methyl/N-ethyl adjacent to an activating group) is 1. The molecule has 1 aromatic heterocycles. The number of para-hydroxylation sites is 1. The number of halogens is 2. The zero-order valence-corrected chi connectivity index (χ0v) is 32.3. The third kappa shape index (κ3) is 8.99. The number of nitrogens with one attached hydrogen (secondary N) is 2. The second kappa shape index (κ2) is 17.2. The molecule has 17 heteroatoms. The van der Waals surface area contributed by atoms with Crippen molar-refractivity contribution in [1.82, 2.24) is 40.3 Å². The molecule has 14 nitrogen and oxygen atoms in total. The van der Waals surface area contributed by atoms with Gasteiger partial charge in [-0.2, -0.15) is 5.01 Å². The van der Waals surface area contributed by atoms with Crippen LogP contribution in [0.4, 0.5) is 14.7 Å². The Morgan fingerprint density at radius 2 is 1.91 bits per heavy atom. The van der Waals surface area contributed by atoms with Gasteiger partial charge in [0, 0.05) is 32.6 Å². The van der Waals surface area contributed by atoms with Crippen LogP contribution in [-0.4, -0.2) is 130 Å². The van der Waals surface area contributed by atoms with Gasteiger partial charge in [0.15, 0.2) is 5.13 Å². The van der Waals surface area contributed by atoms with E-state index in [0.717, 1.165) is 21.4 Å². The first-order valence-electron chi connectivity index (χ1n) is 17.4. The number of thiazole rings is 1. The fraction of sp³-hybridized carbons (Fsp3) is 0.378. The molecule has 2 saturated heterocycles. The Morgan fingerprint density at radius 1 is 1.13 bits per heavy atom. The molecular formula is C37H43Cl2N9O5S. The van der Waals surface area contributed by atoms with Gasteiger partial charge in [-0.1, -0.05) is 59.9 Å². The van der Waals surface area contributed by atoms with E-state index in [-0.39, 0.29) is 56.3 Å². The fourth-order valence-electron chi connectivity index (χ4n) is 6.67. The summed E-state index contributed by atoms with van der Waals surface area (Å²) in [6.45, 7) is 5.48. The number of fused-ring (bicyclic) bond motifs is 2. The molecule has 0 spiro atoms. The summed E-state index contributed by atoms with van der Waals surface area (Å²) in [5.41, 5.74) is 9.12. The van der Waals surface area contributed by atoms with Gasteiger partial charge in [0.25, 0.3) is 0 Å². The summed E-state index contributed by atoms with van der Waals surface area (Å²) in [6, 6.07) is 11.3. The molecule has 4 atom stereocenters. The van der Waals surface area contributed by atoms with E-state index in [1.165, 1.54) is 16.3 Å². The monoisotopic (exact) mass is 795 g/mol. The molecule has 2 unspecified atom stereocenters. The van der Waals surface area contributed by atoms with E-state index in [0.29, 0.717) is 29.5 Å². The molecule has 2 aromatic carbocycles. The van der Waals surface area contributed by atoms with Crippen molar-refractivity contribution in [1.29, 1.82) is 0 Å². The molecule has 3 aliphatic rings. The molecule has 3 aromatic rings. The number of nitrogens with two attached hydrogens (primary N) is 1. The Bertz CT molecular complexity index is 1950. The van der Waals surface area contributed by atoms with Crippen LogP contribution in [0.5, 0.6) is 5.75 Å². The van der Waals surface area contributed by atoms with Gasteiger partial charge in [-0.25, -0.2) is 14.6 Å². The highest BCUT2D eigenvalue weighted by Gasteiger charge is 2.52. The van der Waals surface area contributed by atoms with E-state index in [1.54, 1.807) is 57.3 Å². The topological polar surface area (TPSA) is 157 Å². The van der Waals surface area contributed by atoms with Gasteiger partial charge < -0.3 is 35.8 Å². The normalized spacial score (nSPS) is 21.3. The summed E-state index contributed by atoms with van der Waals surface area (Å²) in [5, 5.41) is 8.46. The number of piperazine rings is 1. The first-order chi connectivity index (χ1) is 25.9. The third-order valence-electron chi connectivity index (χ3n) is 9.30. The van der Waals surface area contributed by atoms with Gasteiger partial charge >= 0.3 is 12.1 Å². The van der Waals surface area contributed by atoms with Crippen LogP contribution in [0.2, 0.25) is 0 Å². The molecule has 2 aliphatic heterocycles. The van der Waals surface area contributed by atoms with Gasteiger partial charge in [0.05, 0.1) is 40.6 Å². The Morgan fingerprint density at radius 3 is 2.63 bits per heavy atom. The average molecular weight is 797 g/mol.